The van der Waals surface area contributed by atoms with E-state index in [4.69, 9.17) is 27.9 Å². The van der Waals surface area contributed by atoms with Gasteiger partial charge in [-0.1, -0.05) is 35.3 Å². The lowest BCUT2D eigenvalue weighted by atomic mass is 10.0. The van der Waals surface area contributed by atoms with Gasteiger partial charge in [0.15, 0.2) is 0 Å². The summed E-state index contributed by atoms with van der Waals surface area (Å²) in [5.74, 6) is -0.885. The molecular formula is C27H24Cl2N2O3. The van der Waals surface area contributed by atoms with Crippen LogP contribution in [0.5, 0.6) is 0 Å². The summed E-state index contributed by atoms with van der Waals surface area (Å²) in [5.41, 5.74) is 6.21. The van der Waals surface area contributed by atoms with Crippen molar-refractivity contribution in [3.63, 3.8) is 0 Å². The largest absolute Gasteiger partial charge is 0.465 e. The topological polar surface area (TPSA) is 51.5 Å². The van der Waals surface area contributed by atoms with Crippen molar-refractivity contribution < 1.29 is 14.3 Å². The van der Waals surface area contributed by atoms with Crippen molar-refractivity contribution in [1.82, 2.24) is 4.57 Å². The number of carbonyl (C=O) groups excluding carboxylic acids is 2. The van der Waals surface area contributed by atoms with E-state index in [1.807, 2.05) is 45.0 Å². The number of hydrogen-bond donors (Lipinski definition) is 0. The number of halogens is 2. The highest BCUT2D eigenvalue weighted by atomic mass is 35.5. The second-order valence-electron chi connectivity index (χ2n) is 8.23. The van der Waals surface area contributed by atoms with Crippen LogP contribution in [0.3, 0.4) is 0 Å². The SMILES string of the molecule is COC(=O)C1=C(C)N(c2cccc(Cl)c2)C(=O)/C1=C\c1cc(C)n(-c2ccc(C)c(Cl)c2)c1C. The number of carbonyl (C=O) groups is 2. The minimum Gasteiger partial charge on any atom is -0.465 e. The first kappa shape index (κ1) is 23.9. The third-order valence-electron chi connectivity index (χ3n) is 6.04. The van der Waals surface area contributed by atoms with Crippen molar-refractivity contribution in [3.8, 4) is 5.69 Å². The number of anilines is 1. The standard InChI is InChI=1S/C27H24Cl2N2O3/c1-15-9-10-22(14-24(15)29)30-16(2)11-19(17(30)3)12-23-25(27(33)34-5)18(4)31(26(23)32)21-8-6-7-20(28)13-21/h6-14H,1-5H3/b23-12-. The minimum atomic E-state index is -0.569. The molecule has 1 aliphatic heterocycles. The summed E-state index contributed by atoms with van der Waals surface area (Å²) in [6.45, 7) is 7.64. The first-order valence-electron chi connectivity index (χ1n) is 10.7. The van der Waals surface area contributed by atoms with E-state index in [1.165, 1.54) is 12.0 Å². The number of esters is 1. The second-order valence-corrected chi connectivity index (χ2v) is 9.07. The Labute approximate surface area is 208 Å². The minimum absolute atomic E-state index is 0.232. The number of methoxy groups -OCH3 is 1. The maximum Gasteiger partial charge on any atom is 0.340 e. The predicted molar refractivity (Wildman–Crippen MR) is 137 cm³/mol. The summed E-state index contributed by atoms with van der Waals surface area (Å²) in [7, 11) is 1.31. The van der Waals surface area contributed by atoms with Gasteiger partial charge in [0.2, 0.25) is 0 Å². The molecule has 4 rings (SSSR count). The number of rotatable bonds is 4. The molecule has 0 saturated heterocycles. The van der Waals surface area contributed by atoms with Crippen LogP contribution in [-0.2, 0) is 14.3 Å². The van der Waals surface area contributed by atoms with Crippen LogP contribution < -0.4 is 4.90 Å². The van der Waals surface area contributed by atoms with Gasteiger partial charge in [0.05, 0.1) is 23.9 Å². The summed E-state index contributed by atoms with van der Waals surface area (Å²) in [4.78, 5) is 27.8. The average Bonchev–Trinajstić information content (AvgIpc) is 3.21. The molecule has 0 saturated carbocycles. The average molecular weight is 495 g/mol. The van der Waals surface area contributed by atoms with E-state index in [0.717, 1.165) is 28.2 Å². The normalized spacial score (nSPS) is 15.0. The van der Waals surface area contributed by atoms with Gasteiger partial charge in [-0.15, -0.1) is 0 Å². The molecule has 2 heterocycles. The molecule has 1 amide bonds. The Morgan fingerprint density at radius 1 is 0.971 bits per heavy atom. The Balaban J connectivity index is 1.85. The maximum atomic E-state index is 13.6. The molecule has 0 radical (unpaired) electrons. The van der Waals surface area contributed by atoms with Gasteiger partial charge in [0.25, 0.3) is 5.91 Å². The lowest BCUT2D eigenvalue weighted by Gasteiger charge is -2.18. The number of ether oxygens (including phenoxy) is 1. The number of hydrogen-bond acceptors (Lipinski definition) is 3. The summed E-state index contributed by atoms with van der Waals surface area (Å²) < 4.78 is 7.09. The van der Waals surface area contributed by atoms with Crippen LogP contribution in [0.1, 0.15) is 29.4 Å². The zero-order valence-electron chi connectivity index (χ0n) is 19.6. The molecular weight excluding hydrogens is 471 g/mol. The van der Waals surface area contributed by atoms with Gasteiger partial charge in [0.1, 0.15) is 0 Å². The summed E-state index contributed by atoms with van der Waals surface area (Å²) >= 11 is 12.5. The summed E-state index contributed by atoms with van der Waals surface area (Å²) in [6.07, 6.45) is 1.75. The molecule has 174 valence electrons. The van der Waals surface area contributed by atoms with Crippen molar-refractivity contribution >= 4 is 46.8 Å². The summed E-state index contributed by atoms with van der Waals surface area (Å²) in [6, 6.07) is 14.8. The van der Waals surface area contributed by atoms with Crippen molar-refractivity contribution in [2.24, 2.45) is 0 Å². The molecule has 0 bridgehead atoms. The lowest BCUT2D eigenvalue weighted by Crippen LogP contribution is -2.24. The van der Waals surface area contributed by atoms with Gasteiger partial charge < -0.3 is 9.30 Å². The molecule has 1 aromatic heterocycles. The zero-order chi connectivity index (χ0) is 24.7. The fraction of sp³-hybridized carbons (Fsp3) is 0.185. The predicted octanol–water partition coefficient (Wildman–Crippen LogP) is 6.59. The number of benzene rings is 2. The van der Waals surface area contributed by atoms with Crippen molar-refractivity contribution in [3.05, 3.63) is 97.9 Å². The molecule has 2 aromatic carbocycles. The smallest absolute Gasteiger partial charge is 0.340 e. The van der Waals surface area contributed by atoms with Gasteiger partial charge >= 0.3 is 5.97 Å². The fourth-order valence-electron chi connectivity index (χ4n) is 4.31. The van der Waals surface area contributed by atoms with Gasteiger partial charge in [-0.2, -0.15) is 0 Å². The van der Waals surface area contributed by atoms with Crippen LogP contribution in [0.25, 0.3) is 11.8 Å². The Hall–Kier alpha value is -3.28. The molecule has 0 unspecified atom stereocenters. The summed E-state index contributed by atoms with van der Waals surface area (Å²) in [5, 5.41) is 1.18. The van der Waals surface area contributed by atoms with Crippen molar-refractivity contribution in [2.75, 3.05) is 12.0 Å². The first-order valence-corrected chi connectivity index (χ1v) is 11.5. The highest BCUT2D eigenvalue weighted by Gasteiger charge is 2.38. The Morgan fingerprint density at radius 2 is 1.71 bits per heavy atom. The number of aryl methyl sites for hydroxylation is 2. The molecule has 5 nitrogen and oxygen atoms in total. The lowest BCUT2D eigenvalue weighted by molar-refractivity contribution is -0.136. The highest BCUT2D eigenvalue weighted by Crippen LogP contribution is 2.37. The van der Waals surface area contributed by atoms with E-state index in [2.05, 4.69) is 4.57 Å². The molecule has 0 fully saturated rings. The van der Waals surface area contributed by atoms with E-state index in [1.54, 1.807) is 37.3 Å². The molecule has 0 aliphatic carbocycles. The first-order chi connectivity index (χ1) is 16.1. The number of aromatic nitrogens is 1. The third kappa shape index (κ3) is 4.06. The molecule has 7 heteroatoms. The van der Waals surface area contributed by atoms with Crippen molar-refractivity contribution in [2.45, 2.75) is 27.7 Å². The fourth-order valence-corrected chi connectivity index (χ4v) is 4.67. The highest BCUT2D eigenvalue weighted by molar-refractivity contribution is 6.31. The quantitative estimate of drug-likeness (QED) is 0.303. The number of nitrogens with zero attached hydrogens (tertiary/aromatic N) is 2. The van der Waals surface area contributed by atoms with Crippen molar-refractivity contribution in [1.29, 1.82) is 0 Å². The van der Waals surface area contributed by atoms with E-state index in [0.29, 0.717) is 21.4 Å². The van der Waals surface area contributed by atoms with Crippen LogP contribution in [0, 0.1) is 20.8 Å². The monoisotopic (exact) mass is 494 g/mol. The molecule has 1 aliphatic rings. The van der Waals surface area contributed by atoms with Crippen LogP contribution in [0.2, 0.25) is 10.0 Å². The van der Waals surface area contributed by atoms with Crippen LogP contribution >= 0.6 is 23.2 Å². The van der Waals surface area contributed by atoms with Crippen LogP contribution in [0.4, 0.5) is 5.69 Å². The van der Waals surface area contributed by atoms with Gasteiger partial charge in [-0.05, 0) is 81.3 Å². The van der Waals surface area contributed by atoms with Gasteiger partial charge in [-0.25, -0.2) is 4.79 Å². The molecule has 34 heavy (non-hydrogen) atoms. The van der Waals surface area contributed by atoms with E-state index < -0.39 is 5.97 Å². The van der Waals surface area contributed by atoms with E-state index >= 15 is 0 Å². The number of allylic oxidation sites excluding steroid dienone is 1. The molecule has 0 N–H and O–H groups in total. The third-order valence-corrected chi connectivity index (χ3v) is 6.68. The Bertz CT molecular complexity index is 1400. The molecule has 3 aromatic rings. The number of amides is 1. The van der Waals surface area contributed by atoms with Crippen LogP contribution in [0.15, 0.2) is 65.4 Å². The Kier molecular flexibility index (Phi) is 6.43. The van der Waals surface area contributed by atoms with E-state index in [9.17, 15) is 9.59 Å². The van der Waals surface area contributed by atoms with E-state index in [-0.39, 0.29) is 17.1 Å². The Morgan fingerprint density at radius 3 is 2.35 bits per heavy atom. The van der Waals surface area contributed by atoms with Gasteiger partial charge in [0, 0.05) is 32.8 Å². The van der Waals surface area contributed by atoms with Gasteiger partial charge in [-0.3, -0.25) is 9.69 Å². The zero-order valence-corrected chi connectivity index (χ0v) is 21.1. The maximum absolute atomic E-state index is 13.6. The molecule has 0 atom stereocenters. The second kappa shape index (κ2) is 9.16. The molecule has 0 spiro atoms. The van der Waals surface area contributed by atoms with Crippen LogP contribution in [-0.4, -0.2) is 23.6 Å².